The van der Waals surface area contributed by atoms with Crippen molar-refractivity contribution in [1.82, 2.24) is 9.88 Å². The molecule has 1 saturated heterocycles. The van der Waals surface area contributed by atoms with E-state index in [2.05, 4.69) is 35.1 Å². The predicted octanol–water partition coefficient (Wildman–Crippen LogP) is 2.12. The van der Waals surface area contributed by atoms with Crippen LogP contribution < -0.4 is 5.32 Å². The van der Waals surface area contributed by atoms with Crippen LogP contribution in [0.25, 0.3) is 0 Å². The fourth-order valence-electron chi connectivity index (χ4n) is 2.38. The van der Waals surface area contributed by atoms with Crippen LogP contribution >= 0.6 is 0 Å². The Morgan fingerprint density at radius 1 is 1.50 bits per heavy atom. The first kappa shape index (κ1) is 13.3. The van der Waals surface area contributed by atoms with Gasteiger partial charge < -0.3 is 10.1 Å². The number of nitrogens with zero attached hydrogens (tertiary/aromatic N) is 2. The van der Waals surface area contributed by atoms with Gasteiger partial charge >= 0.3 is 0 Å². The van der Waals surface area contributed by atoms with Gasteiger partial charge in [0.05, 0.1) is 13.2 Å². The molecule has 4 heteroatoms. The summed E-state index contributed by atoms with van der Waals surface area (Å²) in [6.45, 7) is 8.89. The van der Waals surface area contributed by atoms with Gasteiger partial charge in [0.15, 0.2) is 0 Å². The second kappa shape index (κ2) is 6.71. The van der Waals surface area contributed by atoms with E-state index < -0.39 is 0 Å². The third kappa shape index (κ3) is 3.21. The first-order chi connectivity index (χ1) is 8.85. The van der Waals surface area contributed by atoms with E-state index in [4.69, 9.17) is 4.74 Å². The van der Waals surface area contributed by atoms with Crippen molar-refractivity contribution in [3.05, 3.63) is 23.9 Å². The Hall–Kier alpha value is -1.13. The third-order valence-corrected chi connectivity index (χ3v) is 3.43. The first-order valence-corrected chi connectivity index (χ1v) is 6.84. The smallest absolute Gasteiger partial charge is 0.130 e. The van der Waals surface area contributed by atoms with Crippen LogP contribution in [0.2, 0.25) is 0 Å². The summed E-state index contributed by atoms with van der Waals surface area (Å²) in [6.07, 6.45) is 2.98. The topological polar surface area (TPSA) is 37.4 Å². The quantitative estimate of drug-likeness (QED) is 0.867. The van der Waals surface area contributed by atoms with Crippen molar-refractivity contribution < 1.29 is 4.74 Å². The zero-order valence-corrected chi connectivity index (χ0v) is 11.4. The number of pyridine rings is 1. The summed E-state index contributed by atoms with van der Waals surface area (Å²) in [7, 11) is 0. The van der Waals surface area contributed by atoms with E-state index in [-0.39, 0.29) is 0 Å². The van der Waals surface area contributed by atoms with Crippen molar-refractivity contribution in [2.75, 3.05) is 31.6 Å². The summed E-state index contributed by atoms with van der Waals surface area (Å²) in [5.41, 5.74) is 1.28. The number of hydrogen-bond acceptors (Lipinski definition) is 4. The maximum Gasteiger partial charge on any atom is 0.130 e. The minimum Gasteiger partial charge on any atom is -0.378 e. The van der Waals surface area contributed by atoms with Gasteiger partial charge in [-0.3, -0.25) is 4.90 Å². The van der Waals surface area contributed by atoms with Crippen molar-refractivity contribution in [2.24, 2.45) is 0 Å². The Morgan fingerprint density at radius 3 is 3.17 bits per heavy atom. The summed E-state index contributed by atoms with van der Waals surface area (Å²) in [5.74, 6) is 1.02. The predicted molar refractivity (Wildman–Crippen MR) is 73.7 cm³/mol. The molecule has 0 aliphatic carbocycles. The maximum atomic E-state index is 5.55. The van der Waals surface area contributed by atoms with Crippen LogP contribution in [0, 0.1) is 0 Å². The Balaban J connectivity index is 2.07. The van der Waals surface area contributed by atoms with Gasteiger partial charge in [0, 0.05) is 37.4 Å². The Bertz CT molecular complexity index is 370. The van der Waals surface area contributed by atoms with Gasteiger partial charge in [-0.2, -0.15) is 0 Å². The Labute approximate surface area is 109 Å². The van der Waals surface area contributed by atoms with Crippen LogP contribution in [0.4, 0.5) is 5.82 Å². The van der Waals surface area contributed by atoms with Gasteiger partial charge in [-0.15, -0.1) is 0 Å². The molecule has 0 bridgehead atoms. The van der Waals surface area contributed by atoms with Crippen molar-refractivity contribution >= 4 is 5.82 Å². The number of nitrogens with one attached hydrogen (secondary N) is 1. The molecule has 1 aromatic rings. The summed E-state index contributed by atoms with van der Waals surface area (Å²) >= 11 is 0. The lowest BCUT2D eigenvalue weighted by molar-refractivity contribution is -0.0126. The molecule has 0 amide bonds. The molecule has 4 nitrogen and oxygen atoms in total. The molecule has 1 aliphatic heterocycles. The largest absolute Gasteiger partial charge is 0.378 e. The highest BCUT2D eigenvalue weighted by atomic mass is 16.5. The van der Waals surface area contributed by atoms with Crippen LogP contribution in [0.15, 0.2) is 18.3 Å². The maximum absolute atomic E-state index is 5.55. The molecular formula is C14H23N3O. The molecule has 1 aromatic heterocycles. The molecular weight excluding hydrogens is 226 g/mol. The van der Waals surface area contributed by atoms with E-state index in [1.165, 1.54) is 5.56 Å². The number of rotatable bonds is 5. The van der Waals surface area contributed by atoms with Gasteiger partial charge in [0.25, 0.3) is 0 Å². The average molecular weight is 249 g/mol. The second-order valence-corrected chi connectivity index (χ2v) is 4.65. The Morgan fingerprint density at radius 2 is 2.39 bits per heavy atom. The normalized spacial score (nSPS) is 20.9. The van der Waals surface area contributed by atoms with Crippen LogP contribution in [0.5, 0.6) is 0 Å². The van der Waals surface area contributed by atoms with Gasteiger partial charge in [0.1, 0.15) is 5.82 Å². The van der Waals surface area contributed by atoms with Crippen LogP contribution in [-0.4, -0.2) is 42.2 Å². The number of hydrogen-bond donors (Lipinski definition) is 1. The molecule has 100 valence electrons. The summed E-state index contributed by atoms with van der Waals surface area (Å²) in [5, 5.41) is 3.33. The SMILES string of the molecule is CCNc1ncccc1CN1CCOCC1CC. The van der Waals surface area contributed by atoms with Gasteiger partial charge in [0.2, 0.25) is 0 Å². The minimum absolute atomic E-state index is 0.536. The van der Waals surface area contributed by atoms with Crippen molar-refractivity contribution in [3.63, 3.8) is 0 Å². The lowest BCUT2D eigenvalue weighted by Crippen LogP contribution is -2.44. The van der Waals surface area contributed by atoms with E-state index in [9.17, 15) is 0 Å². The van der Waals surface area contributed by atoms with E-state index in [0.29, 0.717) is 6.04 Å². The highest BCUT2D eigenvalue weighted by molar-refractivity contribution is 5.43. The molecule has 18 heavy (non-hydrogen) atoms. The van der Waals surface area contributed by atoms with E-state index in [1.54, 1.807) is 0 Å². The number of ether oxygens (including phenoxy) is 1. The first-order valence-electron chi connectivity index (χ1n) is 6.84. The van der Waals surface area contributed by atoms with E-state index in [1.807, 2.05) is 12.3 Å². The van der Waals surface area contributed by atoms with Gasteiger partial charge in [-0.05, 0) is 19.4 Å². The van der Waals surface area contributed by atoms with E-state index in [0.717, 1.165) is 45.1 Å². The lowest BCUT2D eigenvalue weighted by Gasteiger charge is -2.35. The molecule has 1 unspecified atom stereocenters. The van der Waals surface area contributed by atoms with Crippen LogP contribution in [0.1, 0.15) is 25.8 Å². The van der Waals surface area contributed by atoms with Crippen molar-refractivity contribution in [3.8, 4) is 0 Å². The molecule has 1 N–H and O–H groups in total. The highest BCUT2D eigenvalue weighted by Gasteiger charge is 2.22. The van der Waals surface area contributed by atoms with Gasteiger partial charge in [-0.25, -0.2) is 4.98 Å². The van der Waals surface area contributed by atoms with Crippen molar-refractivity contribution in [1.29, 1.82) is 0 Å². The van der Waals surface area contributed by atoms with Crippen LogP contribution in [0.3, 0.4) is 0 Å². The summed E-state index contributed by atoms with van der Waals surface area (Å²) < 4.78 is 5.55. The van der Waals surface area contributed by atoms with Gasteiger partial charge in [-0.1, -0.05) is 13.0 Å². The molecule has 2 rings (SSSR count). The fourth-order valence-corrected chi connectivity index (χ4v) is 2.38. The monoisotopic (exact) mass is 249 g/mol. The van der Waals surface area contributed by atoms with Crippen LogP contribution in [-0.2, 0) is 11.3 Å². The molecule has 1 fully saturated rings. The number of anilines is 1. The number of morpholine rings is 1. The molecule has 0 saturated carbocycles. The summed E-state index contributed by atoms with van der Waals surface area (Å²) in [4.78, 5) is 6.92. The summed E-state index contributed by atoms with van der Waals surface area (Å²) in [6, 6.07) is 4.71. The zero-order valence-electron chi connectivity index (χ0n) is 11.4. The second-order valence-electron chi connectivity index (χ2n) is 4.65. The molecule has 2 heterocycles. The standard InChI is InChI=1S/C14H23N3O/c1-3-13-11-18-9-8-17(13)10-12-6-5-7-16-14(12)15-4-2/h5-7,13H,3-4,8-11H2,1-2H3,(H,15,16). The Kier molecular flexibility index (Phi) is 4.96. The van der Waals surface area contributed by atoms with Crippen molar-refractivity contribution in [2.45, 2.75) is 32.9 Å². The fraction of sp³-hybridized carbons (Fsp3) is 0.643. The zero-order chi connectivity index (χ0) is 12.8. The molecule has 1 aliphatic rings. The third-order valence-electron chi connectivity index (χ3n) is 3.43. The highest BCUT2D eigenvalue weighted by Crippen LogP contribution is 2.18. The molecule has 0 spiro atoms. The molecule has 0 aromatic carbocycles. The molecule has 1 atom stereocenters. The van der Waals surface area contributed by atoms with E-state index >= 15 is 0 Å². The number of aromatic nitrogens is 1. The lowest BCUT2D eigenvalue weighted by atomic mass is 10.1. The molecule has 0 radical (unpaired) electrons. The average Bonchev–Trinajstić information content (AvgIpc) is 2.42. The minimum atomic E-state index is 0.536.